The summed E-state index contributed by atoms with van der Waals surface area (Å²) in [6, 6.07) is 0.791. The topological polar surface area (TPSA) is 12.0 Å². The summed E-state index contributed by atoms with van der Waals surface area (Å²) in [6.45, 7) is 12.9. The number of nitrogens with one attached hydrogen (secondary N) is 1. The molecule has 1 fully saturated rings. The van der Waals surface area contributed by atoms with Crippen LogP contribution in [0.3, 0.4) is 0 Å². The van der Waals surface area contributed by atoms with Crippen molar-refractivity contribution in [1.82, 2.24) is 5.32 Å². The zero-order valence-electron chi connectivity index (χ0n) is 11.3. The highest BCUT2D eigenvalue weighted by molar-refractivity contribution is 4.80. The first-order chi connectivity index (χ1) is 6.92. The molecule has 0 heterocycles. The normalized spacial score (nSPS) is 28.4. The molecule has 0 bridgehead atoms. The molecule has 1 aliphatic rings. The van der Waals surface area contributed by atoms with E-state index >= 15 is 0 Å². The van der Waals surface area contributed by atoms with Gasteiger partial charge >= 0.3 is 0 Å². The van der Waals surface area contributed by atoms with Crippen LogP contribution < -0.4 is 5.32 Å². The lowest BCUT2D eigenvalue weighted by Gasteiger charge is -2.34. The SMILES string of the molecule is CC1CCC(NCC(C)(C)C(C)C)CC1. The van der Waals surface area contributed by atoms with Crippen LogP contribution in [0.4, 0.5) is 0 Å². The van der Waals surface area contributed by atoms with Gasteiger partial charge in [-0.15, -0.1) is 0 Å². The summed E-state index contributed by atoms with van der Waals surface area (Å²) in [5, 5.41) is 3.76. The van der Waals surface area contributed by atoms with E-state index in [-0.39, 0.29) is 0 Å². The summed E-state index contributed by atoms with van der Waals surface area (Å²) in [7, 11) is 0. The Morgan fingerprint density at radius 3 is 2.13 bits per heavy atom. The first kappa shape index (κ1) is 13.0. The third kappa shape index (κ3) is 4.14. The van der Waals surface area contributed by atoms with Gasteiger partial charge in [0.1, 0.15) is 0 Å². The molecule has 0 aromatic rings. The first-order valence-electron chi connectivity index (χ1n) is 6.65. The maximum atomic E-state index is 3.76. The largest absolute Gasteiger partial charge is 0.313 e. The van der Waals surface area contributed by atoms with Gasteiger partial charge in [-0.05, 0) is 42.9 Å². The second-order valence-electron chi connectivity index (χ2n) is 6.48. The molecule has 0 radical (unpaired) electrons. The zero-order chi connectivity index (χ0) is 11.5. The summed E-state index contributed by atoms with van der Waals surface area (Å²) in [4.78, 5) is 0. The minimum Gasteiger partial charge on any atom is -0.313 e. The molecule has 0 amide bonds. The highest BCUT2D eigenvalue weighted by Crippen LogP contribution is 2.27. The molecule has 1 heteroatoms. The monoisotopic (exact) mass is 211 g/mol. The summed E-state index contributed by atoms with van der Waals surface area (Å²) in [5.74, 6) is 1.72. The fourth-order valence-electron chi connectivity index (χ4n) is 2.08. The summed E-state index contributed by atoms with van der Waals surface area (Å²) < 4.78 is 0. The van der Waals surface area contributed by atoms with E-state index in [1.807, 2.05) is 0 Å². The van der Waals surface area contributed by atoms with Gasteiger partial charge in [-0.3, -0.25) is 0 Å². The van der Waals surface area contributed by atoms with Gasteiger partial charge in [0.05, 0.1) is 0 Å². The second kappa shape index (κ2) is 5.34. The molecule has 1 nitrogen and oxygen atoms in total. The van der Waals surface area contributed by atoms with Gasteiger partial charge in [0.15, 0.2) is 0 Å². The molecule has 0 aliphatic heterocycles. The van der Waals surface area contributed by atoms with Gasteiger partial charge in [-0.2, -0.15) is 0 Å². The molecule has 0 spiro atoms. The van der Waals surface area contributed by atoms with Crippen molar-refractivity contribution in [2.45, 2.75) is 66.3 Å². The summed E-state index contributed by atoms with van der Waals surface area (Å²) >= 11 is 0. The van der Waals surface area contributed by atoms with Crippen LogP contribution in [0.25, 0.3) is 0 Å². The van der Waals surface area contributed by atoms with E-state index in [0.29, 0.717) is 5.41 Å². The van der Waals surface area contributed by atoms with E-state index in [0.717, 1.165) is 17.9 Å². The molecular formula is C14H29N. The van der Waals surface area contributed by atoms with E-state index in [4.69, 9.17) is 0 Å². The number of rotatable bonds is 4. The van der Waals surface area contributed by atoms with Crippen molar-refractivity contribution < 1.29 is 0 Å². The fourth-order valence-corrected chi connectivity index (χ4v) is 2.08. The van der Waals surface area contributed by atoms with Crippen LogP contribution in [0.15, 0.2) is 0 Å². The molecule has 1 saturated carbocycles. The van der Waals surface area contributed by atoms with Crippen molar-refractivity contribution in [3.05, 3.63) is 0 Å². The Kier molecular flexibility index (Phi) is 4.64. The predicted octanol–water partition coefficient (Wildman–Crippen LogP) is 3.84. The van der Waals surface area contributed by atoms with E-state index < -0.39 is 0 Å². The van der Waals surface area contributed by atoms with Crippen molar-refractivity contribution in [3.8, 4) is 0 Å². The van der Waals surface area contributed by atoms with Crippen LogP contribution in [0.5, 0.6) is 0 Å². The third-order valence-corrected chi connectivity index (χ3v) is 4.43. The molecule has 1 rings (SSSR count). The van der Waals surface area contributed by atoms with Gasteiger partial charge in [0.25, 0.3) is 0 Å². The van der Waals surface area contributed by atoms with E-state index in [1.165, 1.54) is 32.2 Å². The van der Waals surface area contributed by atoms with Crippen LogP contribution in [0, 0.1) is 17.3 Å². The van der Waals surface area contributed by atoms with Crippen LogP contribution in [0.2, 0.25) is 0 Å². The molecule has 1 N–H and O–H groups in total. The molecule has 0 saturated heterocycles. The lowest BCUT2D eigenvalue weighted by atomic mass is 9.80. The van der Waals surface area contributed by atoms with Gasteiger partial charge in [0.2, 0.25) is 0 Å². The lowest BCUT2D eigenvalue weighted by molar-refractivity contribution is 0.209. The predicted molar refractivity (Wildman–Crippen MR) is 68.0 cm³/mol. The van der Waals surface area contributed by atoms with Gasteiger partial charge in [-0.25, -0.2) is 0 Å². The third-order valence-electron chi connectivity index (χ3n) is 4.43. The van der Waals surface area contributed by atoms with E-state index in [1.54, 1.807) is 0 Å². The quantitative estimate of drug-likeness (QED) is 0.745. The van der Waals surface area contributed by atoms with Crippen LogP contribution in [-0.4, -0.2) is 12.6 Å². The molecule has 90 valence electrons. The standard InChI is InChI=1S/C14H29N/c1-11(2)14(4,5)10-15-13-8-6-12(3)7-9-13/h11-13,15H,6-10H2,1-5H3. The Morgan fingerprint density at radius 2 is 1.67 bits per heavy atom. The fraction of sp³-hybridized carbons (Fsp3) is 1.00. The van der Waals surface area contributed by atoms with Crippen LogP contribution in [-0.2, 0) is 0 Å². The van der Waals surface area contributed by atoms with Crippen molar-refractivity contribution in [2.75, 3.05) is 6.54 Å². The molecule has 0 aromatic heterocycles. The molecule has 1 aliphatic carbocycles. The zero-order valence-corrected chi connectivity index (χ0v) is 11.3. The highest BCUT2D eigenvalue weighted by atomic mass is 14.9. The Labute approximate surface area is 96.0 Å². The van der Waals surface area contributed by atoms with Crippen molar-refractivity contribution >= 4 is 0 Å². The maximum Gasteiger partial charge on any atom is 0.00674 e. The smallest absolute Gasteiger partial charge is 0.00674 e. The van der Waals surface area contributed by atoms with Crippen molar-refractivity contribution in [2.24, 2.45) is 17.3 Å². The average molecular weight is 211 g/mol. The van der Waals surface area contributed by atoms with Gasteiger partial charge in [-0.1, -0.05) is 34.6 Å². The van der Waals surface area contributed by atoms with E-state index in [9.17, 15) is 0 Å². The minimum absolute atomic E-state index is 0.434. The molecule has 15 heavy (non-hydrogen) atoms. The maximum absolute atomic E-state index is 3.76. The van der Waals surface area contributed by atoms with E-state index in [2.05, 4.69) is 39.9 Å². The lowest BCUT2D eigenvalue weighted by Crippen LogP contribution is -2.40. The van der Waals surface area contributed by atoms with Crippen LogP contribution >= 0.6 is 0 Å². The summed E-state index contributed by atoms with van der Waals surface area (Å²) in [5.41, 5.74) is 0.434. The number of hydrogen-bond acceptors (Lipinski definition) is 1. The molecule has 0 atom stereocenters. The van der Waals surface area contributed by atoms with Crippen molar-refractivity contribution in [3.63, 3.8) is 0 Å². The first-order valence-corrected chi connectivity index (χ1v) is 6.65. The van der Waals surface area contributed by atoms with Gasteiger partial charge in [0, 0.05) is 12.6 Å². The highest BCUT2D eigenvalue weighted by Gasteiger charge is 2.24. The van der Waals surface area contributed by atoms with Gasteiger partial charge < -0.3 is 5.32 Å². The van der Waals surface area contributed by atoms with Crippen LogP contribution in [0.1, 0.15) is 60.3 Å². The average Bonchev–Trinajstić information content (AvgIpc) is 2.17. The Balaban J connectivity index is 2.25. The second-order valence-corrected chi connectivity index (χ2v) is 6.48. The summed E-state index contributed by atoms with van der Waals surface area (Å²) in [6.07, 6.45) is 5.60. The Hall–Kier alpha value is -0.0400. The molecule has 0 unspecified atom stereocenters. The Morgan fingerprint density at radius 1 is 1.13 bits per heavy atom. The molecule has 0 aromatic carbocycles. The Bertz CT molecular complexity index is 176. The van der Waals surface area contributed by atoms with Crippen molar-refractivity contribution in [1.29, 1.82) is 0 Å². The number of hydrogen-bond donors (Lipinski definition) is 1. The minimum atomic E-state index is 0.434. The molecular weight excluding hydrogens is 182 g/mol.